The molecule has 1 atom stereocenters. The van der Waals surface area contributed by atoms with Crippen LogP contribution < -0.4 is 22.1 Å². The normalized spacial score (nSPS) is 16.2. The van der Waals surface area contributed by atoms with E-state index in [1.165, 1.54) is 12.6 Å². The number of hydrogen-bond donors (Lipinski definition) is 5. The van der Waals surface area contributed by atoms with Crippen molar-refractivity contribution in [2.45, 2.75) is 64.0 Å². The van der Waals surface area contributed by atoms with Crippen molar-refractivity contribution in [1.29, 1.82) is 0 Å². The van der Waals surface area contributed by atoms with Crippen LogP contribution in [0.4, 0.5) is 11.4 Å². The zero-order valence-electron chi connectivity index (χ0n) is 16.3. The van der Waals surface area contributed by atoms with E-state index in [1.54, 1.807) is 13.8 Å². The number of carbonyl (C=O) groups excluding carboxylic acids is 2. The van der Waals surface area contributed by atoms with Gasteiger partial charge in [-0.3, -0.25) is 14.6 Å². The molecule has 9 heteroatoms. The number of amides is 2. The Labute approximate surface area is 164 Å². The second kappa shape index (κ2) is 9.01. The van der Waals surface area contributed by atoms with Gasteiger partial charge in [-0.05, 0) is 32.6 Å². The Morgan fingerprint density at radius 1 is 1.25 bits per heavy atom. The summed E-state index contributed by atoms with van der Waals surface area (Å²) < 4.78 is 0. The van der Waals surface area contributed by atoms with Crippen LogP contribution in [0.15, 0.2) is 12.4 Å². The van der Waals surface area contributed by atoms with Gasteiger partial charge >= 0.3 is 5.97 Å². The summed E-state index contributed by atoms with van der Waals surface area (Å²) in [4.78, 5) is 39.8. The molecule has 0 spiro atoms. The summed E-state index contributed by atoms with van der Waals surface area (Å²) in [6, 6.07) is -0.588. The molecule has 0 radical (unpaired) electrons. The van der Waals surface area contributed by atoms with Crippen LogP contribution in [0.25, 0.3) is 0 Å². The molecule has 1 unspecified atom stereocenters. The first-order valence-corrected chi connectivity index (χ1v) is 9.45. The minimum absolute atomic E-state index is 0.0349. The van der Waals surface area contributed by atoms with Gasteiger partial charge in [-0.1, -0.05) is 19.3 Å². The lowest BCUT2D eigenvalue weighted by Crippen LogP contribution is -2.54. The molecule has 1 aliphatic carbocycles. The molecule has 1 saturated carbocycles. The second-order valence-electron chi connectivity index (χ2n) is 7.98. The molecule has 9 nitrogen and oxygen atoms in total. The molecular formula is C19H29N5O4. The summed E-state index contributed by atoms with van der Waals surface area (Å²) in [6.07, 6.45) is 7.60. The van der Waals surface area contributed by atoms with Gasteiger partial charge in [0.1, 0.15) is 5.56 Å². The zero-order valence-corrected chi connectivity index (χ0v) is 16.3. The number of nitrogen functional groups attached to an aromatic ring is 1. The third-order valence-corrected chi connectivity index (χ3v) is 5.02. The molecule has 1 aliphatic rings. The van der Waals surface area contributed by atoms with Crippen LogP contribution in [0.2, 0.25) is 0 Å². The molecule has 28 heavy (non-hydrogen) atoms. The first-order valence-electron chi connectivity index (χ1n) is 9.45. The van der Waals surface area contributed by atoms with Gasteiger partial charge in [0.05, 0.1) is 23.6 Å². The highest BCUT2D eigenvalue weighted by Gasteiger charge is 2.31. The molecule has 0 aliphatic heterocycles. The van der Waals surface area contributed by atoms with E-state index in [9.17, 15) is 14.4 Å². The minimum atomic E-state index is -1.23. The number of pyridine rings is 1. The molecule has 2 amide bonds. The molecule has 1 fully saturated rings. The van der Waals surface area contributed by atoms with E-state index in [-0.39, 0.29) is 35.2 Å². The zero-order chi connectivity index (χ0) is 20.9. The van der Waals surface area contributed by atoms with E-state index in [4.69, 9.17) is 16.6 Å². The van der Waals surface area contributed by atoms with Gasteiger partial charge in [-0.15, -0.1) is 0 Å². The molecule has 2 rings (SSSR count). The van der Waals surface area contributed by atoms with Crippen LogP contribution in [0, 0.1) is 5.92 Å². The first kappa shape index (κ1) is 21.6. The Morgan fingerprint density at radius 3 is 2.50 bits per heavy atom. The number of carboxylic acid groups (broad SMARTS) is 1. The van der Waals surface area contributed by atoms with Crippen molar-refractivity contribution in [3.63, 3.8) is 0 Å². The predicted octanol–water partition coefficient (Wildman–Crippen LogP) is 1.49. The number of nitrogens with zero attached hydrogens (tertiary/aromatic N) is 1. The first-order chi connectivity index (χ1) is 13.1. The summed E-state index contributed by atoms with van der Waals surface area (Å²) in [6.45, 7) is 3.46. The van der Waals surface area contributed by atoms with Crippen molar-refractivity contribution in [2.24, 2.45) is 11.7 Å². The van der Waals surface area contributed by atoms with Gasteiger partial charge in [0.2, 0.25) is 11.8 Å². The van der Waals surface area contributed by atoms with Crippen LogP contribution in [0.3, 0.4) is 0 Å². The highest BCUT2D eigenvalue weighted by Crippen LogP contribution is 2.26. The minimum Gasteiger partial charge on any atom is -0.478 e. The van der Waals surface area contributed by atoms with E-state index in [2.05, 4.69) is 15.6 Å². The third kappa shape index (κ3) is 5.66. The maximum absolute atomic E-state index is 12.5. The van der Waals surface area contributed by atoms with Gasteiger partial charge in [-0.25, -0.2) is 4.79 Å². The number of carbonyl (C=O) groups is 3. The average Bonchev–Trinajstić information content (AvgIpc) is 2.62. The maximum atomic E-state index is 12.5. The van der Waals surface area contributed by atoms with Gasteiger partial charge in [0.25, 0.3) is 0 Å². The van der Waals surface area contributed by atoms with E-state index in [0.717, 1.165) is 31.9 Å². The van der Waals surface area contributed by atoms with Crippen molar-refractivity contribution >= 4 is 29.2 Å². The summed E-state index contributed by atoms with van der Waals surface area (Å²) >= 11 is 0. The van der Waals surface area contributed by atoms with E-state index in [1.807, 2.05) is 0 Å². The number of aromatic carboxylic acids is 1. The highest BCUT2D eigenvalue weighted by molar-refractivity contribution is 6.01. The van der Waals surface area contributed by atoms with Crippen molar-refractivity contribution in [2.75, 3.05) is 11.1 Å². The largest absolute Gasteiger partial charge is 0.478 e. The molecular weight excluding hydrogens is 362 g/mol. The number of rotatable bonds is 7. The predicted molar refractivity (Wildman–Crippen MR) is 106 cm³/mol. The standard InChI is InChI=1S/C19H29N5O4/c1-19(2,24-17(26)15(20)11-6-4-3-5-7-11)8-14(25)23-13-10-22-9-12(16(13)21)18(27)28/h9-11,15H,3-8,20H2,1-2H3,(H2,21,22)(H,23,25)(H,24,26)(H,27,28). The number of carboxylic acids is 1. The molecule has 0 saturated heterocycles. The van der Waals surface area contributed by atoms with Crippen molar-refractivity contribution in [3.05, 3.63) is 18.0 Å². The lowest BCUT2D eigenvalue weighted by molar-refractivity contribution is -0.126. The number of aromatic nitrogens is 1. The Bertz CT molecular complexity index is 744. The Morgan fingerprint density at radius 2 is 1.89 bits per heavy atom. The van der Waals surface area contributed by atoms with E-state index >= 15 is 0 Å². The van der Waals surface area contributed by atoms with E-state index in [0.29, 0.717) is 0 Å². The van der Waals surface area contributed by atoms with Crippen molar-refractivity contribution < 1.29 is 19.5 Å². The SMILES string of the molecule is CC(C)(CC(=O)Nc1cncc(C(=O)O)c1N)NC(=O)C(N)C1CCCCC1. The van der Waals surface area contributed by atoms with Crippen LogP contribution >= 0.6 is 0 Å². The van der Waals surface area contributed by atoms with Crippen LogP contribution in [0.5, 0.6) is 0 Å². The highest BCUT2D eigenvalue weighted by atomic mass is 16.4. The number of anilines is 2. The number of hydrogen-bond acceptors (Lipinski definition) is 6. The third-order valence-electron chi connectivity index (χ3n) is 5.02. The quantitative estimate of drug-likeness (QED) is 0.470. The Balaban J connectivity index is 1.95. The summed E-state index contributed by atoms with van der Waals surface area (Å²) in [7, 11) is 0. The molecule has 1 aromatic rings. The van der Waals surface area contributed by atoms with Crippen LogP contribution in [-0.4, -0.2) is 39.5 Å². The van der Waals surface area contributed by atoms with Crippen LogP contribution in [0.1, 0.15) is 62.7 Å². The molecule has 154 valence electrons. The van der Waals surface area contributed by atoms with Gasteiger partial charge in [0, 0.05) is 18.2 Å². The molecule has 0 aromatic carbocycles. The van der Waals surface area contributed by atoms with Gasteiger partial charge in [0.15, 0.2) is 0 Å². The Hall–Kier alpha value is -2.68. The lowest BCUT2D eigenvalue weighted by atomic mass is 9.83. The van der Waals surface area contributed by atoms with E-state index < -0.39 is 23.5 Å². The fraction of sp³-hybridized carbons (Fsp3) is 0.579. The fourth-order valence-electron chi connectivity index (χ4n) is 3.50. The monoisotopic (exact) mass is 391 g/mol. The van der Waals surface area contributed by atoms with Gasteiger partial charge in [-0.2, -0.15) is 0 Å². The number of nitrogens with two attached hydrogens (primary N) is 2. The molecule has 0 bridgehead atoms. The molecule has 1 aromatic heterocycles. The summed E-state index contributed by atoms with van der Waals surface area (Å²) in [5.74, 6) is -1.75. The van der Waals surface area contributed by atoms with Crippen molar-refractivity contribution in [3.8, 4) is 0 Å². The smallest absolute Gasteiger partial charge is 0.339 e. The van der Waals surface area contributed by atoms with Gasteiger partial charge < -0.3 is 27.2 Å². The topological polar surface area (TPSA) is 160 Å². The lowest BCUT2D eigenvalue weighted by Gasteiger charge is -2.31. The molecule has 7 N–H and O–H groups in total. The summed E-state index contributed by atoms with van der Waals surface area (Å²) in [5.41, 5.74) is 10.9. The second-order valence-corrected chi connectivity index (χ2v) is 7.98. The summed E-state index contributed by atoms with van der Waals surface area (Å²) in [5, 5.41) is 14.5. The molecule has 1 heterocycles. The Kier molecular flexibility index (Phi) is 6.95. The maximum Gasteiger partial charge on any atom is 0.339 e. The average molecular weight is 391 g/mol. The fourth-order valence-corrected chi connectivity index (χ4v) is 3.50. The van der Waals surface area contributed by atoms with Crippen molar-refractivity contribution in [1.82, 2.24) is 10.3 Å². The number of nitrogens with one attached hydrogen (secondary N) is 2. The van der Waals surface area contributed by atoms with Crippen LogP contribution in [-0.2, 0) is 9.59 Å².